The molecule has 0 aromatic carbocycles. The summed E-state index contributed by atoms with van der Waals surface area (Å²) >= 11 is 0. The van der Waals surface area contributed by atoms with Crippen LogP contribution in [0, 0.1) is 5.92 Å². The average molecular weight is 250 g/mol. The lowest BCUT2D eigenvalue weighted by molar-refractivity contribution is -0.136. The van der Waals surface area contributed by atoms with Gasteiger partial charge in [0, 0.05) is 31.6 Å². The Balaban J connectivity index is 1.65. The maximum Gasteiger partial charge on any atom is 0.222 e. The Bertz CT molecular complexity index is 326. The number of nitrogens with zero attached hydrogens (tertiary/aromatic N) is 2. The highest BCUT2D eigenvalue weighted by atomic mass is 16.2. The fraction of sp³-hybridized carbons (Fsp3) is 0.933. The molecule has 3 nitrogen and oxygen atoms in total. The van der Waals surface area contributed by atoms with Gasteiger partial charge in [0.2, 0.25) is 5.91 Å². The van der Waals surface area contributed by atoms with E-state index < -0.39 is 0 Å². The van der Waals surface area contributed by atoms with E-state index >= 15 is 0 Å². The van der Waals surface area contributed by atoms with Gasteiger partial charge in [-0.2, -0.15) is 0 Å². The van der Waals surface area contributed by atoms with Crippen LogP contribution >= 0.6 is 0 Å². The molecule has 0 bridgehead atoms. The minimum atomic E-state index is 0.339. The van der Waals surface area contributed by atoms with Crippen LogP contribution in [0.4, 0.5) is 0 Å². The summed E-state index contributed by atoms with van der Waals surface area (Å²) in [7, 11) is 0. The van der Waals surface area contributed by atoms with Crippen molar-refractivity contribution in [1.82, 2.24) is 9.80 Å². The Morgan fingerprint density at radius 3 is 2.83 bits per heavy atom. The van der Waals surface area contributed by atoms with Crippen molar-refractivity contribution in [3.8, 4) is 0 Å². The summed E-state index contributed by atoms with van der Waals surface area (Å²) in [6.45, 7) is 6.61. The second kappa shape index (κ2) is 4.84. The molecule has 1 aliphatic carbocycles. The second-order valence-corrected chi connectivity index (χ2v) is 6.53. The SMILES string of the molecule is CCCC12CCCN1CCN(C(=O)CC1CC1)C2. The van der Waals surface area contributed by atoms with E-state index in [1.54, 1.807) is 0 Å². The van der Waals surface area contributed by atoms with Gasteiger partial charge >= 0.3 is 0 Å². The first-order valence-corrected chi connectivity index (χ1v) is 7.76. The Morgan fingerprint density at radius 2 is 2.11 bits per heavy atom. The summed E-state index contributed by atoms with van der Waals surface area (Å²) in [6, 6.07) is 0. The first-order valence-electron chi connectivity index (χ1n) is 7.76. The van der Waals surface area contributed by atoms with Crippen molar-refractivity contribution in [2.75, 3.05) is 26.2 Å². The standard InChI is InChI=1S/C15H26N2O/c1-2-6-15-7-3-8-17(15)10-9-16(12-15)14(18)11-13-4-5-13/h13H,2-12H2,1H3. The second-order valence-electron chi connectivity index (χ2n) is 6.53. The normalized spacial score (nSPS) is 32.6. The molecule has 3 heteroatoms. The number of piperazine rings is 1. The van der Waals surface area contributed by atoms with Crippen LogP contribution in [-0.2, 0) is 4.79 Å². The van der Waals surface area contributed by atoms with Gasteiger partial charge in [-0.25, -0.2) is 0 Å². The molecule has 102 valence electrons. The minimum absolute atomic E-state index is 0.339. The predicted octanol–water partition coefficient (Wildman–Crippen LogP) is 2.26. The lowest BCUT2D eigenvalue weighted by Gasteiger charge is -2.47. The third kappa shape index (κ3) is 2.29. The van der Waals surface area contributed by atoms with Crippen LogP contribution in [0.3, 0.4) is 0 Å². The van der Waals surface area contributed by atoms with Crippen LogP contribution in [0.15, 0.2) is 0 Å². The fourth-order valence-corrected chi connectivity index (χ4v) is 3.94. The fourth-order valence-electron chi connectivity index (χ4n) is 3.94. The van der Waals surface area contributed by atoms with Gasteiger partial charge in [0.25, 0.3) is 0 Å². The van der Waals surface area contributed by atoms with Crippen molar-refractivity contribution in [2.24, 2.45) is 5.92 Å². The van der Waals surface area contributed by atoms with E-state index in [2.05, 4.69) is 16.7 Å². The molecule has 1 unspecified atom stereocenters. The van der Waals surface area contributed by atoms with E-state index in [0.29, 0.717) is 11.4 Å². The third-order valence-electron chi connectivity index (χ3n) is 5.09. The molecule has 1 saturated carbocycles. The maximum atomic E-state index is 12.3. The van der Waals surface area contributed by atoms with Crippen molar-refractivity contribution in [1.29, 1.82) is 0 Å². The summed E-state index contributed by atoms with van der Waals surface area (Å²) in [5.41, 5.74) is 0.339. The smallest absolute Gasteiger partial charge is 0.222 e. The molecule has 18 heavy (non-hydrogen) atoms. The van der Waals surface area contributed by atoms with Crippen LogP contribution in [0.2, 0.25) is 0 Å². The number of carbonyl (C=O) groups is 1. The van der Waals surface area contributed by atoms with Gasteiger partial charge in [0.05, 0.1) is 0 Å². The lowest BCUT2D eigenvalue weighted by Crippen LogP contribution is -2.60. The molecule has 1 atom stereocenters. The zero-order chi connectivity index (χ0) is 12.6. The number of hydrogen-bond donors (Lipinski definition) is 0. The molecule has 3 aliphatic rings. The van der Waals surface area contributed by atoms with Gasteiger partial charge in [0.1, 0.15) is 0 Å². The van der Waals surface area contributed by atoms with E-state index in [0.717, 1.165) is 32.0 Å². The number of amides is 1. The highest BCUT2D eigenvalue weighted by Gasteiger charge is 2.45. The third-order valence-corrected chi connectivity index (χ3v) is 5.09. The van der Waals surface area contributed by atoms with E-state index in [4.69, 9.17) is 0 Å². The average Bonchev–Trinajstić information content (AvgIpc) is 3.07. The number of carbonyl (C=O) groups excluding carboxylic acids is 1. The number of fused-ring (bicyclic) bond motifs is 1. The first kappa shape index (κ1) is 12.5. The van der Waals surface area contributed by atoms with Gasteiger partial charge in [-0.05, 0) is 44.6 Å². The molecule has 0 N–H and O–H groups in total. The van der Waals surface area contributed by atoms with Gasteiger partial charge < -0.3 is 4.90 Å². The highest BCUT2D eigenvalue weighted by Crippen LogP contribution is 2.38. The summed E-state index contributed by atoms with van der Waals surface area (Å²) in [6.07, 6.45) is 8.51. The Morgan fingerprint density at radius 1 is 1.28 bits per heavy atom. The number of hydrogen-bond acceptors (Lipinski definition) is 2. The van der Waals surface area contributed by atoms with E-state index in [-0.39, 0.29) is 0 Å². The number of rotatable bonds is 4. The minimum Gasteiger partial charge on any atom is -0.340 e. The Kier molecular flexibility index (Phi) is 3.35. The molecule has 2 saturated heterocycles. The van der Waals surface area contributed by atoms with Crippen molar-refractivity contribution in [3.05, 3.63) is 0 Å². The maximum absolute atomic E-state index is 12.3. The summed E-state index contributed by atoms with van der Waals surface area (Å²) in [4.78, 5) is 17.1. The lowest BCUT2D eigenvalue weighted by atomic mass is 9.88. The largest absolute Gasteiger partial charge is 0.340 e. The topological polar surface area (TPSA) is 23.6 Å². The molecule has 2 aliphatic heterocycles. The van der Waals surface area contributed by atoms with Gasteiger partial charge in [-0.3, -0.25) is 9.69 Å². The quantitative estimate of drug-likeness (QED) is 0.764. The molecule has 0 aromatic heterocycles. The summed E-state index contributed by atoms with van der Waals surface area (Å²) in [5.74, 6) is 1.15. The van der Waals surface area contributed by atoms with Crippen molar-refractivity contribution >= 4 is 5.91 Å². The van der Waals surface area contributed by atoms with Crippen LogP contribution in [0.5, 0.6) is 0 Å². The molecular formula is C15H26N2O. The molecule has 0 radical (unpaired) electrons. The monoisotopic (exact) mass is 250 g/mol. The molecule has 3 rings (SSSR count). The molecule has 2 heterocycles. The van der Waals surface area contributed by atoms with Gasteiger partial charge in [-0.15, -0.1) is 0 Å². The van der Waals surface area contributed by atoms with Gasteiger partial charge in [0.15, 0.2) is 0 Å². The summed E-state index contributed by atoms with van der Waals surface area (Å²) in [5, 5.41) is 0. The van der Waals surface area contributed by atoms with Gasteiger partial charge in [-0.1, -0.05) is 13.3 Å². The van der Waals surface area contributed by atoms with Crippen molar-refractivity contribution < 1.29 is 4.79 Å². The Hall–Kier alpha value is -0.570. The van der Waals surface area contributed by atoms with Crippen molar-refractivity contribution in [2.45, 2.75) is 57.4 Å². The predicted molar refractivity (Wildman–Crippen MR) is 72.4 cm³/mol. The van der Waals surface area contributed by atoms with Crippen LogP contribution in [0.25, 0.3) is 0 Å². The van der Waals surface area contributed by atoms with E-state index in [1.807, 2.05) is 0 Å². The van der Waals surface area contributed by atoms with Crippen LogP contribution < -0.4 is 0 Å². The summed E-state index contributed by atoms with van der Waals surface area (Å²) < 4.78 is 0. The molecular weight excluding hydrogens is 224 g/mol. The molecule has 3 fully saturated rings. The molecule has 0 spiro atoms. The van der Waals surface area contributed by atoms with Crippen LogP contribution in [-0.4, -0.2) is 47.4 Å². The highest BCUT2D eigenvalue weighted by molar-refractivity contribution is 5.77. The zero-order valence-corrected chi connectivity index (χ0v) is 11.7. The molecule has 0 aromatic rings. The zero-order valence-electron chi connectivity index (χ0n) is 11.7. The van der Waals surface area contributed by atoms with E-state index in [1.165, 1.54) is 45.1 Å². The van der Waals surface area contributed by atoms with E-state index in [9.17, 15) is 4.79 Å². The van der Waals surface area contributed by atoms with Crippen LogP contribution in [0.1, 0.15) is 51.9 Å². The van der Waals surface area contributed by atoms with Crippen molar-refractivity contribution in [3.63, 3.8) is 0 Å². The first-order chi connectivity index (χ1) is 8.73. The Labute approximate surface area is 111 Å². The molecule has 1 amide bonds.